The maximum Gasteiger partial charge on any atom is 0.127 e. The Bertz CT molecular complexity index is 1130. The van der Waals surface area contributed by atoms with Crippen molar-refractivity contribution >= 4 is 50.2 Å². The number of thiazole rings is 1. The first-order chi connectivity index (χ1) is 13.9. The van der Waals surface area contributed by atoms with Crippen LogP contribution in [0.4, 0.5) is 5.00 Å². The van der Waals surface area contributed by atoms with E-state index in [0.29, 0.717) is 0 Å². The Kier molecular flexibility index (Phi) is 4.90. The number of nitrogens with zero attached hydrogens (tertiary/aromatic N) is 2. The van der Waals surface area contributed by atoms with E-state index in [1.54, 1.807) is 11.3 Å². The molecule has 28 heavy (non-hydrogen) atoms. The Balaban J connectivity index is 1.53. The molecule has 4 heteroatoms. The van der Waals surface area contributed by atoms with Gasteiger partial charge in [-0.25, -0.2) is 9.98 Å². The fourth-order valence-corrected chi connectivity index (χ4v) is 6.02. The first kappa shape index (κ1) is 17.5. The molecule has 2 aromatic carbocycles. The molecular weight excluding hydrogens is 380 g/mol. The number of rotatable bonds is 4. The Morgan fingerprint density at radius 1 is 0.893 bits per heavy atom. The summed E-state index contributed by atoms with van der Waals surface area (Å²) in [5.41, 5.74) is 5.02. The number of fused-ring (bicyclic) bond motifs is 2. The summed E-state index contributed by atoms with van der Waals surface area (Å²) in [7, 11) is 0. The minimum Gasteiger partial charge on any atom is -0.245 e. The van der Waals surface area contributed by atoms with Crippen molar-refractivity contribution in [2.75, 3.05) is 0 Å². The molecule has 0 unspecified atom stereocenters. The molecule has 4 aromatic rings. The van der Waals surface area contributed by atoms with Crippen molar-refractivity contribution in [2.24, 2.45) is 4.99 Å². The summed E-state index contributed by atoms with van der Waals surface area (Å²) >= 11 is 3.63. The van der Waals surface area contributed by atoms with Gasteiger partial charge in [0.15, 0.2) is 0 Å². The average molecular weight is 401 g/mol. The lowest BCUT2D eigenvalue weighted by atomic mass is 9.96. The minimum absolute atomic E-state index is 1.08. The molecule has 0 fully saturated rings. The van der Waals surface area contributed by atoms with Crippen molar-refractivity contribution in [3.63, 3.8) is 0 Å². The van der Waals surface area contributed by atoms with E-state index in [2.05, 4.69) is 54.6 Å². The van der Waals surface area contributed by atoms with Crippen molar-refractivity contribution in [1.82, 2.24) is 4.98 Å². The molecule has 2 aromatic heterocycles. The van der Waals surface area contributed by atoms with Gasteiger partial charge in [0, 0.05) is 11.1 Å². The maximum atomic E-state index is 4.93. The summed E-state index contributed by atoms with van der Waals surface area (Å²) in [6.45, 7) is 0. The first-order valence-electron chi connectivity index (χ1n) is 9.65. The molecule has 0 N–H and O–H groups in total. The number of benzene rings is 2. The lowest BCUT2D eigenvalue weighted by Crippen LogP contribution is -1.99. The second-order valence-electron chi connectivity index (χ2n) is 6.93. The molecule has 2 nitrogen and oxygen atoms in total. The highest BCUT2D eigenvalue weighted by molar-refractivity contribution is 7.22. The van der Waals surface area contributed by atoms with Crippen LogP contribution in [0.2, 0.25) is 0 Å². The second kappa shape index (κ2) is 7.82. The van der Waals surface area contributed by atoms with E-state index in [1.807, 2.05) is 29.7 Å². The van der Waals surface area contributed by atoms with E-state index >= 15 is 0 Å². The minimum atomic E-state index is 1.08. The smallest absolute Gasteiger partial charge is 0.127 e. The van der Waals surface area contributed by atoms with Crippen LogP contribution in [0.1, 0.15) is 28.8 Å². The van der Waals surface area contributed by atoms with Crippen LogP contribution < -0.4 is 0 Å². The largest absolute Gasteiger partial charge is 0.245 e. The van der Waals surface area contributed by atoms with Crippen molar-refractivity contribution < 1.29 is 0 Å². The second-order valence-corrected chi connectivity index (χ2v) is 9.04. The van der Waals surface area contributed by atoms with Gasteiger partial charge in [-0.15, -0.1) is 22.7 Å². The zero-order chi connectivity index (χ0) is 18.8. The number of hydrogen-bond acceptors (Lipinski definition) is 4. The molecule has 1 aliphatic rings. The lowest BCUT2D eigenvalue weighted by molar-refractivity contribution is 0.698. The molecular formula is C24H20N2S2. The summed E-state index contributed by atoms with van der Waals surface area (Å²) < 4.78 is 1.24. The lowest BCUT2D eigenvalue weighted by Gasteiger charge is -2.11. The van der Waals surface area contributed by atoms with Crippen molar-refractivity contribution in [2.45, 2.75) is 25.7 Å². The Hall–Kier alpha value is -2.56. The SMILES string of the molecule is C(/C=C/c1ccccc1)=Nc1sc2c(c1-c1nc3ccccc3s1)CCCC2. The monoisotopic (exact) mass is 400 g/mol. The molecule has 138 valence electrons. The molecule has 1 aliphatic carbocycles. The maximum absolute atomic E-state index is 4.93. The number of hydrogen-bond donors (Lipinski definition) is 0. The predicted molar refractivity (Wildman–Crippen MR) is 123 cm³/mol. The highest BCUT2D eigenvalue weighted by Gasteiger charge is 2.23. The van der Waals surface area contributed by atoms with Gasteiger partial charge >= 0.3 is 0 Å². The van der Waals surface area contributed by atoms with Crippen molar-refractivity contribution in [3.8, 4) is 10.6 Å². The van der Waals surface area contributed by atoms with Crippen LogP contribution in [0.15, 0.2) is 65.7 Å². The number of thiophene rings is 1. The predicted octanol–water partition coefficient (Wildman–Crippen LogP) is 7.32. The number of aryl methyl sites for hydroxylation is 1. The summed E-state index contributed by atoms with van der Waals surface area (Å²) in [6, 6.07) is 18.7. The van der Waals surface area contributed by atoms with Crippen molar-refractivity contribution in [1.29, 1.82) is 0 Å². The van der Waals surface area contributed by atoms with Crippen LogP contribution in [0.5, 0.6) is 0 Å². The third kappa shape index (κ3) is 3.46. The van der Waals surface area contributed by atoms with Gasteiger partial charge in [0.2, 0.25) is 0 Å². The third-order valence-electron chi connectivity index (χ3n) is 5.03. The van der Waals surface area contributed by atoms with E-state index in [4.69, 9.17) is 9.98 Å². The van der Waals surface area contributed by atoms with Gasteiger partial charge < -0.3 is 0 Å². The summed E-state index contributed by atoms with van der Waals surface area (Å²) in [5.74, 6) is 0. The Morgan fingerprint density at radius 3 is 2.61 bits per heavy atom. The molecule has 0 spiro atoms. The average Bonchev–Trinajstić information content (AvgIpc) is 3.32. The van der Waals surface area contributed by atoms with Gasteiger partial charge in [-0.1, -0.05) is 48.5 Å². The van der Waals surface area contributed by atoms with E-state index in [-0.39, 0.29) is 0 Å². The zero-order valence-electron chi connectivity index (χ0n) is 15.5. The van der Waals surface area contributed by atoms with E-state index < -0.39 is 0 Å². The first-order valence-corrected chi connectivity index (χ1v) is 11.3. The van der Waals surface area contributed by atoms with Gasteiger partial charge in [0.05, 0.1) is 15.8 Å². The van der Waals surface area contributed by atoms with Crippen LogP contribution in [-0.2, 0) is 12.8 Å². The molecule has 2 heterocycles. The molecule has 0 radical (unpaired) electrons. The Labute approximate surface area is 172 Å². The van der Waals surface area contributed by atoms with Crippen LogP contribution in [0, 0.1) is 0 Å². The Morgan fingerprint density at radius 2 is 1.71 bits per heavy atom. The van der Waals surface area contributed by atoms with E-state index in [1.165, 1.54) is 45.5 Å². The number of allylic oxidation sites excluding steroid dienone is 1. The zero-order valence-corrected chi connectivity index (χ0v) is 17.1. The number of aromatic nitrogens is 1. The van der Waals surface area contributed by atoms with E-state index in [9.17, 15) is 0 Å². The fourth-order valence-electron chi connectivity index (χ4n) is 3.67. The third-order valence-corrected chi connectivity index (χ3v) is 7.28. The topological polar surface area (TPSA) is 25.2 Å². The van der Waals surface area contributed by atoms with Gasteiger partial charge in [-0.05, 0) is 55.0 Å². The highest BCUT2D eigenvalue weighted by atomic mass is 32.1. The fraction of sp³-hybridized carbons (Fsp3) is 0.167. The van der Waals surface area contributed by atoms with Gasteiger partial charge in [0.25, 0.3) is 0 Å². The molecule has 0 atom stereocenters. The van der Waals surface area contributed by atoms with Gasteiger partial charge in [0.1, 0.15) is 10.0 Å². The molecule has 0 aliphatic heterocycles. The summed E-state index contributed by atoms with van der Waals surface area (Å²) in [4.78, 5) is 11.3. The molecule has 5 rings (SSSR count). The van der Waals surface area contributed by atoms with Crippen LogP contribution in [0.3, 0.4) is 0 Å². The van der Waals surface area contributed by atoms with E-state index in [0.717, 1.165) is 21.9 Å². The van der Waals surface area contributed by atoms with Gasteiger partial charge in [-0.3, -0.25) is 0 Å². The molecule has 0 bridgehead atoms. The van der Waals surface area contributed by atoms with Crippen LogP contribution in [-0.4, -0.2) is 11.2 Å². The summed E-state index contributed by atoms with van der Waals surface area (Å²) in [6.07, 6.45) is 10.9. The van der Waals surface area contributed by atoms with Crippen LogP contribution >= 0.6 is 22.7 Å². The van der Waals surface area contributed by atoms with Gasteiger partial charge in [-0.2, -0.15) is 0 Å². The summed E-state index contributed by atoms with van der Waals surface area (Å²) in [5, 5.41) is 2.21. The standard InChI is InChI=1S/C24H20N2S2/c1-2-9-17(10-3-1)11-8-16-25-23-22(18-12-4-6-14-20(18)27-23)24-26-19-13-5-7-15-21(19)28-24/h1-3,5,7-11,13,15-16H,4,6,12,14H2/b11-8+,25-16?. The van der Waals surface area contributed by atoms with Crippen LogP contribution in [0.25, 0.3) is 26.9 Å². The number of para-hydroxylation sites is 1. The van der Waals surface area contributed by atoms with Crippen molar-refractivity contribution in [3.05, 3.63) is 76.7 Å². The quantitative estimate of drug-likeness (QED) is 0.329. The molecule has 0 saturated heterocycles. The molecule has 0 amide bonds. The normalized spacial score (nSPS) is 14.3. The number of aliphatic imine (C=N–C) groups is 1. The molecule has 0 saturated carbocycles. The highest BCUT2D eigenvalue weighted by Crippen LogP contribution is 2.47.